The fraction of sp³-hybridized carbons (Fsp3) is 0.583. The Morgan fingerprint density at radius 3 is 2.54 bits per heavy atom. The Bertz CT molecular complexity index is 750. The van der Waals surface area contributed by atoms with Crippen LogP contribution in [0.5, 0.6) is 0 Å². The molecule has 1 unspecified atom stereocenters. The molecule has 2 N–H and O–H groups in total. The molecule has 3 aliphatic heterocycles. The number of rotatable bonds is 4. The number of sulfonamides is 1. The molecule has 0 radical (unpaired) electrons. The zero-order chi connectivity index (χ0) is 17.1. The predicted octanol–water partition coefficient (Wildman–Crippen LogP) is -6.04. The number of primary amides is 1. The van der Waals surface area contributed by atoms with Gasteiger partial charge in [-0.3, -0.25) is 4.79 Å². The van der Waals surface area contributed by atoms with E-state index in [1.807, 2.05) is 0 Å². The van der Waals surface area contributed by atoms with E-state index in [-0.39, 0.29) is 54.0 Å². The van der Waals surface area contributed by atoms with E-state index in [1.165, 1.54) is 0 Å². The summed E-state index contributed by atoms with van der Waals surface area (Å²) in [5.74, 6) is -2.58. The molecule has 2 saturated heterocycles. The second kappa shape index (κ2) is 6.30. The van der Waals surface area contributed by atoms with Gasteiger partial charge in [0.2, 0.25) is 15.9 Å². The second-order valence-electron chi connectivity index (χ2n) is 5.68. The van der Waals surface area contributed by atoms with Crippen LogP contribution in [-0.2, 0) is 24.3 Å². The molecule has 0 aromatic heterocycles. The number of nitrogens with two attached hydrogens (primary N) is 1. The van der Waals surface area contributed by atoms with Gasteiger partial charge in [-0.15, -0.1) is 0 Å². The van der Waals surface area contributed by atoms with Crippen molar-refractivity contribution in [3.8, 4) is 0 Å². The summed E-state index contributed by atoms with van der Waals surface area (Å²) < 4.78 is 29.3. The van der Waals surface area contributed by atoms with E-state index in [4.69, 9.17) is 5.73 Å². The van der Waals surface area contributed by atoms with Crippen molar-refractivity contribution in [1.82, 2.24) is 9.21 Å². The van der Waals surface area contributed by atoms with E-state index in [1.54, 1.807) is 0 Å². The number of β-lactam (4-membered cyclic amide) rings is 1. The number of aliphatic carboxylic acids is 1. The molecule has 0 spiro atoms. The molecule has 3 aliphatic rings. The van der Waals surface area contributed by atoms with E-state index in [0.29, 0.717) is 6.42 Å². The van der Waals surface area contributed by atoms with Crippen LogP contribution in [0.2, 0.25) is 0 Å². The number of hydrogen-bond acceptors (Lipinski definition) is 7. The van der Waals surface area contributed by atoms with E-state index in [0.717, 1.165) is 15.5 Å². The molecule has 0 aliphatic carbocycles. The zero-order valence-electron chi connectivity index (χ0n) is 13.1. The predicted molar refractivity (Wildman–Crippen MR) is 71.6 cm³/mol. The van der Waals surface area contributed by atoms with Crippen LogP contribution in [0.1, 0.15) is 6.42 Å². The van der Waals surface area contributed by atoms with Gasteiger partial charge in [-0.05, 0) is 12.0 Å². The normalized spacial score (nSPS) is 28.8. The molecule has 2 amide bonds. The monoisotopic (exact) mass is 367 g/mol. The van der Waals surface area contributed by atoms with Crippen LogP contribution in [0.4, 0.5) is 4.79 Å². The molecule has 0 aromatic rings. The SMILES string of the molecule is CS(=O)(=O)N1CCC2C(COC(N)=O)=C(C(=O)[O-])N3C(=O)[C@@H]1[C@@H]23.[Na+]. The average Bonchev–Trinajstić information content (AvgIpc) is 2.75. The number of ether oxygens (including phenoxy) is 1. The van der Waals surface area contributed by atoms with Crippen LogP contribution < -0.4 is 40.4 Å². The first kappa shape index (κ1) is 19.2. The summed E-state index contributed by atoms with van der Waals surface area (Å²) in [6, 6.07) is -1.53. The number of carbonyl (C=O) groups is 3. The van der Waals surface area contributed by atoms with Crippen molar-refractivity contribution in [3.63, 3.8) is 0 Å². The largest absolute Gasteiger partial charge is 1.00 e. The van der Waals surface area contributed by atoms with Crippen molar-refractivity contribution in [3.05, 3.63) is 11.3 Å². The van der Waals surface area contributed by atoms with Gasteiger partial charge in [-0.1, -0.05) is 0 Å². The summed E-state index contributed by atoms with van der Waals surface area (Å²) in [5, 5.41) is 11.4. The molecule has 0 saturated carbocycles. The Labute approximate surface area is 159 Å². The fourth-order valence-electron chi connectivity index (χ4n) is 3.66. The van der Waals surface area contributed by atoms with Gasteiger partial charge in [0.25, 0.3) is 0 Å². The van der Waals surface area contributed by atoms with Gasteiger partial charge in [-0.2, -0.15) is 4.31 Å². The number of piperidine rings is 1. The van der Waals surface area contributed by atoms with Crippen molar-refractivity contribution in [2.75, 3.05) is 19.4 Å². The number of nitrogens with zero attached hydrogens (tertiary/aromatic N) is 2. The van der Waals surface area contributed by atoms with Gasteiger partial charge in [0.05, 0.1) is 24.0 Å². The van der Waals surface area contributed by atoms with E-state index in [9.17, 15) is 27.9 Å². The first-order valence-electron chi connectivity index (χ1n) is 6.81. The van der Waals surface area contributed by atoms with E-state index < -0.39 is 46.0 Å². The van der Waals surface area contributed by atoms with E-state index >= 15 is 0 Å². The summed E-state index contributed by atoms with van der Waals surface area (Å²) in [6.07, 6.45) is 0.246. The third-order valence-electron chi connectivity index (χ3n) is 4.48. The van der Waals surface area contributed by atoms with Crippen LogP contribution >= 0.6 is 0 Å². The quantitative estimate of drug-likeness (QED) is 0.384. The maximum absolute atomic E-state index is 12.3. The molecule has 3 heterocycles. The average molecular weight is 367 g/mol. The van der Waals surface area contributed by atoms with Crippen molar-refractivity contribution >= 4 is 28.0 Å². The summed E-state index contributed by atoms with van der Waals surface area (Å²) >= 11 is 0. The van der Waals surface area contributed by atoms with Crippen molar-refractivity contribution in [1.29, 1.82) is 0 Å². The minimum Gasteiger partial charge on any atom is -0.543 e. The summed E-state index contributed by atoms with van der Waals surface area (Å²) in [6.45, 7) is -0.278. The molecule has 3 rings (SSSR count). The Balaban J connectivity index is 0.00000208. The van der Waals surface area contributed by atoms with Crippen LogP contribution in [0, 0.1) is 5.92 Å². The number of carbonyl (C=O) groups excluding carboxylic acids is 3. The topological polar surface area (TPSA) is 150 Å². The molecule has 10 nitrogen and oxygen atoms in total. The number of carboxylic acids is 1. The van der Waals surface area contributed by atoms with Gasteiger partial charge in [0, 0.05) is 12.5 Å². The molecule has 0 aromatic carbocycles. The molecule has 24 heavy (non-hydrogen) atoms. The van der Waals surface area contributed by atoms with Crippen molar-refractivity contribution < 1.29 is 62.2 Å². The molecule has 0 bridgehead atoms. The standard InChI is InChI=1S/C12H15N3O7S.Na/c1-23(20,21)14-3-2-5-6(4-22-12(13)19)8(11(17)18)15-7(5)9(14)10(15)16;/h5,7,9H,2-4H2,1H3,(H2,13,19)(H,17,18);/q;+1/p-1/t5?,7-,9+;/m1./s1. The van der Waals surface area contributed by atoms with E-state index in [2.05, 4.69) is 4.74 Å². The van der Waals surface area contributed by atoms with Gasteiger partial charge in [0.15, 0.2) is 0 Å². The Morgan fingerprint density at radius 1 is 1.42 bits per heavy atom. The maximum Gasteiger partial charge on any atom is 1.00 e. The minimum absolute atomic E-state index is 0. The first-order chi connectivity index (χ1) is 10.6. The van der Waals surface area contributed by atoms with Crippen LogP contribution in [-0.4, -0.2) is 67.1 Å². The Hall–Kier alpha value is -1.14. The molecule has 126 valence electrons. The summed E-state index contributed by atoms with van der Waals surface area (Å²) in [4.78, 5) is 35.5. The maximum atomic E-state index is 12.3. The van der Waals surface area contributed by atoms with Gasteiger partial charge in [0.1, 0.15) is 12.6 Å². The van der Waals surface area contributed by atoms with Crippen molar-refractivity contribution in [2.24, 2.45) is 11.7 Å². The number of amides is 2. The van der Waals surface area contributed by atoms with Gasteiger partial charge >= 0.3 is 35.7 Å². The third-order valence-corrected chi connectivity index (χ3v) is 5.74. The Kier molecular flexibility index (Phi) is 5.04. The molecule has 3 atom stereocenters. The summed E-state index contributed by atoms with van der Waals surface area (Å²) in [5.41, 5.74) is 4.78. The molecule has 12 heteroatoms. The van der Waals surface area contributed by atoms with Crippen LogP contribution in [0.25, 0.3) is 0 Å². The third kappa shape index (κ3) is 2.73. The number of carboxylic acid groups (broad SMARTS) is 1. The minimum atomic E-state index is -3.59. The van der Waals surface area contributed by atoms with Crippen LogP contribution in [0.3, 0.4) is 0 Å². The fourth-order valence-corrected chi connectivity index (χ4v) is 4.72. The molecular formula is C12H14N3NaO7S. The second-order valence-corrected chi connectivity index (χ2v) is 7.62. The van der Waals surface area contributed by atoms with Crippen molar-refractivity contribution in [2.45, 2.75) is 18.5 Å². The number of hydrogen-bond donors (Lipinski definition) is 1. The summed E-state index contributed by atoms with van der Waals surface area (Å²) in [7, 11) is -3.59. The molecular weight excluding hydrogens is 353 g/mol. The first-order valence-corrected chi connectivity index (χ1v) is 8.66. The smallest absolute Gasteiger partial charge is 0.543 e. The van der Waals surface area contributed by atoms with Gasteiger partial charge < -0.3 is 25.3 Å². The van der Waals surface area contributed by atoms with Crippen LogP contribution in [0.15, 0.2) is 11.3 Å². The zero-order valence-corrected chi connectivity index (χ0v) is 15.9. The Morgan fingerprint density at radius 2 is 2.04 bits per heavy atom. The van der Waals surface area contributed by atoms with Gasteiger partial charge in [-0.25, -0.2) is 13.2 Å². The molecule has 2 fully saturated rings.